The van der Waals surface area contributed by atoms with Gasteiger partial charge in [-0.1, -0.05) is 12.1 Å². The van der Waals surface area contributed by atoms with Gasteiger partial charge in [-0.3, -0.25) is 9.69 Å². The fraction of sp³-hybridized carbons (Fsp3) is 0.389. The third-order valence-corrected chi connectivity index (χ3v) is 4.83. The van der Waals surface area contributed by atoms with Crippen molar-refractivity contribution in [2.45, 2.75) is 18.9 Å². The molecule has 5 heteroatoms. The van der Waals surface area contributed by atoms with Crippen LogP contribution in [0.5, 0.6) is 0 Å². The zero-order valence-electron chi connectivity index (χ0n) is 13.1. The number of amides is 1. The molecule has 2 aliphatic rings. The molecule has 23 heavy (non-hydrogen) atoms. The molecule has 1 amide bonds. The predicted octanol–water partition coefficient (Wildman–Crippen LogP) is 2.06. The highest BCUT2D eigenvalue weighted by Crippen LogP contribution is 2.23. The molecule has 1 unspecified atom stereocenters. The van der Waals surface area contributed by atoms with Crippen LogP contribution in [-0.2, 0) is 0 Å². The third kappa shape index (κ3) is 2.84. The van der Waals surface area contributed by atoms with E-state index in [1.165, 1.54) is 19.4 Å². The molecule has 3 heterocycles. The Bertz CT molecular complexity index is 686. The van der Waals surface area contributed by atoms with Crippen LogP contribution in [0, 0.1) is 0 Å². The maximum atomic E-state index is 12.7. The summed E-state index contributed by atoms with van der Waals surface area (Å²) in [6.07, 6.45) is 5.93. The van der Waals surface area contributed by atoms with Crippen molar-refractivity contribution in [1.29, 1.82) is 0 Å². The van der Waals surface area contributed by atoms with E-state index in [9.17, 15) is 4.79 Å². The fourth-order valence-electron chi connectivity index (χ4n) is 3.57. The summed E-state index contributed by atoms with van der Waals surface area (Å²) in [6.45, 7) is 3.89. The second kappa shape index (κ2) is 6.08. The summed E-state index contributed by atoms with van der Waals surface area (Å²) in [6, 6.07) is 9.97. The van der Waals surface area contributed by atoms with Crippen molar-refractivity contribution in [3.05, 3.63) is 48.3 Å². The number of carbonyl (C=O) groups excluding carboxylic acids is 1. The van der Waals surface area contributed by atoms with Crippen LogP contribution in [0.1, 0.15) is 23.2 Å². The van der Waals surface area contributed by atoms with Crippen LogP contribution in [0.25, 0.3) is 11.4 Å². The van der Waals surface area contributed by atoms with Crippen LogP contribution in [-0.4, -0.2) is 57.9 Å². The molecule has 0 radical (unpaired) electrons. The quantitative estimate of drug-likeness (QED) is 0.852. The lowest BCUT2D eigenvalue weighted by Gasteiger charge is -2.37. The Kier molecular flexibility index (Phi) is 3.79. The summed E-state index contributed by atoms with van der Waals surface area (Å²) in [5.74, 6) is 0.822. The van der Waals surface area contributed by atoms with Gasteiger partial charge in [0.05, 0.1) is 0 Å². The lowest BCUT2D eigenvalue weighted by molar-refractivity contribution is 0.0571. The molecule has 0 saturated carbocycles. The number of nitrogens with zero attached hydrogens (tertiary/aromatic N) is 4. The second-order valence-corrected chi connectivity index (χ2v) is 6.23. The fourth-order valence-corrected chi connectivity index (χ4v) is 3.57. The minimum absolute atomic E-state index is 0.136. The lowest BCUT2D eigenvalue weighted by atomic mass is 10.1. The summed E-state index contributed by atoms with van der Waals surface area (Å²) in [5.41, 5.74) is 1.68. The molecule has 2 fully saturated rings. The molecular formula is C18H20N4O. The van der Waals surface area contributed by atoms with Crippen LogP contribution in [0.2, 0.25) is 0 Å². The van der Waals surface area contributed by atoms with Crippen molar-refractivity contribution >= 4 is 5.91 Å². The molecule has 2 aliphatic heterocycles. The van der Waals surface area contributed by atoms with Crippen LogP contribution < -0.4 is 0 Å². The summed E-state index contributed by atoms with van der Waals surface area (Å²) in [4.78, 5) is 25.7. The van der Waals surface area contributed by atoms with Crippen LogP contribution in [0.15, 0.2) is 42.7 Å². The number of rotatable bonds is 2. The molecule has 2 aromatic rings. The summed E-state index contributed by atoms with van der Waals surface area (Å²) >= 11 is 0. The Morgan fingerprint density at radius 3 is 2.61 bits per heavy atom. The topological polar surface area (TPSA) is 49.3 Å². The van der Waals surface area contributed by atoms with E-state index in [2.05, 4.69) is 14.9 Å². The van der Waals surface area contributed by atoms with Crippen LogP contribution >= 0.6 is 0 Å². The van der Waals surface area contributed by atoms with Gasteiger partial charge in [0.2, 0.25) is 0 Å². The van der Waals surface area contributed by atoms with Crippen molar-refractivity contribution in [3.63, 3.8) is 0 Å². The van der Waals surface area contributed by atoms with Crippen molar-refractivity contribution in [1.82, 2.24) is 19.8 Å². The average Bonchev–Trinajstić information content (AvgIpc) is 3.10. The van der Waals surface area contributed by atoms with Crippen molar-refractivity contribution < 1.29 is 4.79 Å². The molecule has 1 atom stereocenters. The number of benzene rings is 1. The largest absolute Gasteiger partial charge is 0.336 e. The molecule has 4 rings (SSSR count). The molecule has 1 aromatic carbocycles. The van der Waals surface area contributed by atoms with Crippen molar-refractivity contribution in [2.75, 3.05) is 26.2 Å². The first-order valence-corrected chi connectivity index (χ1v) is 8.22. The molecule has 2 saturated heterocycles. The predicted molar refractivity (Wildman–Crippen MR) is 88.0 cm³/mol. The Morgan fingerprint density at radius 1 is 1.04 bits per heavy atom. The number of aromatic nitrogens is 2. The molecule has 118 valence electrons. The zero-order valence-corrected chi connectivity index (χ0v) is 13.1. The molecule has 0 bridgehead atoms. The monoisotopic (exact) mass is 308 g/mol. The summed E-state index contributed by atoms with van der Waals surface area (Å²) in [5, 5.41) is 0. The Hall–Kier alpha value is -2.27. The number of carbonyl (C=O) groups is 1. The Morgan fingerprint density at radius 2 is 1.83 bits per heavy atom. The van der Waals surface area contributed by atoms with Gasteiger partial charge < -0.3 is 4.90 Å². The first kappa shape index (κ1) is 14.3. The molecule has 0 N–H and O–H groups in total. The van der Waals surface area contributed by atoms with Gasteiger partial charge >= 0.3 is 0 Å². The van der Waals surface area contributed by atoms with Gasteiger partial charge in [-0.15, -0.1) is 0 Å². The van der Waals surface area contributed by atoms with Crippen LogP contribution in [0.3, 0.4) is 0 Å². The molecule has 1 aromatic heterocycles. The van der Waals surface area contributed by atoms with Gasteiger partial charge in [0.15, 0.2) is 5.82 Å². The molecule has 5 nitrogen and oxygen atoms in total. The van der Waals surface area contributed by atoms with Crippen LogP contribution in [0.4, 0.5) is 0 Å². The average molecular weight is 308 g/mol. The van der Waals surface area contributed by atoms with E-state index in [1.54, 1.807) is 18.5 Å². The van der Waals surface area contributed by atoms with E-state index in [-0.39, 0.29) is 5.91 Å². The second-order valence-electron chi connectivity index (χ2n) is 6.23. The standard InChI is InChI=1S/C18H20N4O/c23-18(22-12-11-21-10-1-3-16(21)13-22)15-6-4-14(5-7-15)17-19-8-2-9-20-17/h2,4-9,16H,1,3,10-13H2. The van der Waals surface area contributed by atoms with Gasteiger partial charge in [0.1, 0.15) is 0 Å². The third-order valence-electron chi connectivity index (χ3n) is 4.83. The highest BCUT2D eigenvalue weighted by Gasteiger charge is 2.32. The highest BCUT2D eigenvalue weighted by molar-refractivity contribution is 5.94. The lowest BCUT2D eigenvalue weighted by Crippen LogP contribution is -2.52. The van der Waals surface area contributed by atoms with E-state index < -0.39 is 0 Å². The van der Waals surface area contributed by atoms with E-state index in [0.29, 0.717) is 11.9 Å². The SMILES string of the molecule is O=C(c1ccc(-c2ncccn2)cc1)N1CCN2CCCC2C1. The number of piperazine rings is 1. The van der Waals surface area contributed by atoms with Gasteiger partial charge in [-0.05, 0) is 37.6 Å². The Labute approximate surface area is 136 Å². The number of hydrogen-bond donors (Lipinski definition) is 0. The van der Waals surface area contributed by atoms with Gasteiger partial charge in [-0.25, -0.2) is 9.97 Å². The minimum atomic E-state index is 0.136. The van der Waals surface area contributed by atoms with Gasteiger partial charge in [0, 0.05) is 49.2 Å². The molecule has 0 aliphatic carbocycles. The molecule has 0 spiro atoms. The van der Waals surface area contributed by atoms with Crippen molar-refractivity contribution in [2.24, 2.45) is 0 Å². The normalized spacial score (nSPS) is 21.2. The van der Waals surface area contributed by atoms with Gasteiger partial charge in [-0.2, -0.15) is 0 Å². The highest BCUT2D eigenvalue weighted by atomic mass is 16.2. The van der Waals surface area contributed by atoms with Gasteiger partial charge in [0.25, 0.3) is 5.91 Å². The summed E-state index contributed by atoms with van der Waals surface area (Å²) in [7, 11) is 0. The van der Waals surface area contributed by atoms with E-state index in [1.807, 2.05) is 29.2 Å². The first-order valence-electron chi connectivity index (χ1n) is 8.22. The summed E-state index contributed by atoms with van der Waals surface area (Å²) < 4.78 is 0. The van der Waals surface area contributed by atoms with E-state index in [0.717, 1.165) is 30.8 Å². The maximum Gasteiger partial charge on any atom is 0.253 e. The van der Waals surface area contributed by atoms with Crippen molar-refractivity contribution in [3.8, 4) is 11.4 Å². The zero-order chi connectivity index (χ0) is 15.6. The maximum absolute atomic E-state index is 12.7. The smallest absolute Gasteiger partial charge is 0.253 e. The molecular weight excluding hydrogens is 288 g/mol. The number of fused-ring (bicyclic) bond motifs is 1. The Balaban J connectivity index is 1.48. The number of hydrogen-bond acceptors (Lipinski definition) is 4. The first-order chi connectivity index (χ1) is 11.3. The minimum Gasteiger partial charge on any atom is -0.336 e. The van der Waals surface area contributed by atoms with E-state index >= 15 is 0 Å². The van der Waals surface area contributed by atoms with E-state index in [4.69, 9.17) is 0 Å².